The Morgan fingerprint density at radius 3 is 1.67 bits per heavy atom. The molecule has 2 heterocycles. The Bertz CT molecular complexity index is 754. The summed E-state index contributed by atoms with van der Waals surface area (Å²) in [6.07, 6.45) is 0. The van der Waals surface area contributed by atoms with E-state index in [1.807, 2.05) is 12.1 Å². The zero-order chi connectivity index (χ0) is 14.1. The molecular formula is C16H13N3S2. The summed E-state index contributed by atoms with van der Waals surface area (Å²) in [5.74, 6) is 0. The summed E-state index contributed by atoms with van der Waals surface area (Å²) in [4.78, 5) is 9.25. The molecule has 3 nitrogen and oxygen atoms in total. The molecule has 1 N–H and O–H groups in total. The highest BCUT2D eigenvalue weighted by atomic mass is 32.1. The van der Waals surface area contributed by atoms with Crippen LogP contribution >= 0.6 is 22.7 Å². The highest BCUT2D eigenvalue weighted by Crippen LogP contribution is 2.23. The van der Waals surface area contributed by atoms with Crippen molar-refractivity contribution in [3.05, 3.63) is 58.5 Å². The van der Waals surface area contributed by atoms with Crippen LogP contribution in [0, 0.1) is 0 Å². The number of fused-ring (bicyclic) bond motifs is 2. The minimum Gasteiger partial charge on any atom is -0.304 e. The van der Waals surface area contributed by atoms with Crippen molar-refractivity contribution < 1.29 is 0 Å². The van der Waals surface area contributed by atoms with Gasteiger partial charge in [-0.2, -0.15) is 0 Å². The Morgan fingerprint density at radius 1 is 0.714 bits per heavy atom. The van der Waals surface area contributed by atoms with Crippen molar-refractivity contribution in [1.29, 1.82) is 0 Å². The van der Waals surface area contributed by atoms with Gasteiger partial charge in [0.1, 0.15) is 10.0 Å². The smallest absolute Gasteiger partial charge is 0.108 e. The van der Waals surface area contributed by atoms with E-state index in [0.717, 1.165) is 34.1 Å². The van der Waals surface area contributed by atoms with Gasteiger partial charge in [0.15, 0.2) is 0 Å². The minimum atomic E-state index is 0.787. The number of hydrogen-bond donors (Lipinski definition) is 1. The van der Waals surface area contributed by atoms with Gasteiger partial charge in [0.25, 0.3) is 0 Å². The van der Waals surface area contributed by atoms with Crippen molar-refractivity contribution in [2.45, 2.75) is 13.1 Å². The quantitative estimate of drug-likeness (QED) is 0.614. The van der Waals surface area contributed by atoms with Gasteiger partial charge in [-0.15, -0.1) is 22.7 Å². The highest BCUT2D eigenvalue weighted by molar-refractivity contribution is 7.18. The molecule has 0 aliphatic rings. The molecule has 4 rings (SSSR count). The number of nitrogens with zero attached hydrogens (tertiary/aromatic N) is 2. The van der Waals surface area contributed by atoms with Crippen LogP contribution in [0.2, 0.25) is 0 Å². The Balaban J connectivity index is 1.44. The molecule has 0 saturated carbocycles. The second-order valence-electron chi connectivity index (χ2n) is 4.75. The van der Waals surface area contributed by atoms with Crippen LogP contribution in [0.5, 0.6) is 0 Å². The average Bonchev–Trinajstić information content (AvgIpc) is 3.09. The first kappa shape index (κ1) is 12.9. The molecule has 0 aliphatic heterocycles. The van der Waals surface area contributed by atoms with Crippen LogP contribution in [0.25, 0.3) is 20.4 Å². The van der Waals surface area contributed by atoms with E-state index in [2.05, 4.69) is 51.7 Å². The van der Waals surface area contributed by atoms with Gasteiger partial charge < -0.3 is 5.32 Å². The predicted molar refractivity (Wildman–Crippen MR) is 89.8 cm³/mol. The summed E-state index contributed by atoms with van der Waals surface area (Å²) < 4.78 is 2.49. The maximum absolute atomic E-state index is 4.63. The first-order valence-electron chi connectivity index (χ1n) is 6.78. The first-order valence-corrected chi connectivity index (χ1v) is 8.41. The van der Waals surface area contributed by atoms with Gasteiger partial charge in [-0.25, -0.2) is 9.97 Å². The molecular weight excluding hydrogens is 298 g/mol. The molecule has 104 valence electrons. The van der Waals surface area contributed by atoms with Gasteiger partial charge in [-0.1, -0.05) is 24.3 Å². The van der Waals surface area contributed by atoms with Crippen molar-refractivity contribution >= 4 is 43.1 Å². The van der Waals surface area contributed by atoms with Gasteiger partial charge in [-0.05, 0) is 24.3 Å². The van der Waals surface area contributed by atoms with Gasteiger partial charge in [0.2, 0.25) is 0 Å². The van der Waals surface area contributed by atoms with Crippen LogP contribution in [0.4, 0.5) is 0 Å². The lowest BCUT2D eigenvalue weighted by atomic mass is 10.3. The van der Waals surface area contributed by atoms with E-state index in [1.54, 1.807) is 22.7 Å². The van der Waals surface area contributed by atoms with E-state index in [-0.39, 0.29) is 0 Å². The van der Waals surface area contributed by atoms with Crippen molar-refractivity contribution in [3.8, 4) is 0 Å². The predicted octanol–water partition coefficient (Wildman–Crippen LogP) is 4.20. The van der Waals surface area contributed by atoms with E-state index in [1.165, 1.54) is 9.40 Å². The molecule has 5 heteroatoms. The van der Waals surface area contributed by atoms with E-state index in [0.29, 0.717) is 0 Å². The number of aromatic nitrogens is 2. The van der Waals surface area contributed by atoms with E-state index in [4.69, 9.17) is 0 Å². The zero-order valence-electron chi connectivity index (χ0n) is 11.2. The summed E-state index contributed by atoms with van der Waals surface area (Å²) in [6, 6.07) is 16.5. The Kier molecular flexibility index (Phi) is 3.39. The monoisotopic (exact) mass is 311 g/mol. The lowest BCUT2D eigenvalue weighted by molar-refractivity contribution is 0.689. The third kappa shape index (κ3) is 2.68. The Morgan fingerprint density at radius 2 is 1.19 bits per heavy atom. The maximum Gasteiger partial charge on any atom is 0.108 e. The van der Waals surface area contributed by atoms with Gasteiger partial charge >= 0.3 is 0 Å². The van der Waals surface area contributed by atoms with Crippen molar-refractivity contribution in [1.82, 2.24) is 15.3 Å². The number of hydrogen-bond acceptors (Lipinski definition) is 5. The van der Waals surface area contributed by atoms with E-state index in [9.17, 15) is 0 Å². The summed E-state index contributed by atoms with van der Waals surface area (Å²) in [7, 11) is 0. The fraction of sp³-hybridized carbons (Fsp3) is 0.125. The van der Waals surface area contributed by atoms with Crippen LogP contribution in [-0.2, 0) is 13.1 Å². The lowest BCUT2D eigenvalue weighted by Gasteiger charge is -1.97. The lowest BCUT2D eigenvalue weighted by Crippen LogP contribution is -2.12. The van der Waals surface area contributed by atoms with Crippen LogP contribution < -0.4 is 5.32 Å². The molecule has 0 spiro atoms. The summed E-state index contributed by atoms with van der Waals surface area (Å²) in [5, 5.41) is 5.68. The van der Waals surface area contributed by atoms with Gasteiger partial charge in [0, 0.05) is 13.1 Å². The first-order chi connectivity index (χ1) is 10.4. The van der Waals surface area contributed by atoms with Gasteiger partial charge in [0.05, 0.1) is 20.4 Å². The zero-order valence-corrected chi connectivity index (χ0v) is 12.9. The largest absolute Gasteiger partial charge is 0.304 e. The summed E-state index contributed by atoms with van der Waals surface area (Å²) in [6.45, 7) is 1.57. The number of thiazole rings is 2. The second kappa shape index (κ2) is 5.52. The van der Waals surface area contributed by atoms with Crippen molar-refractivity contribution in [3.63, 3.8) is 0 Å². The molecule has 0 aliphatic carbocycles. The Hall–Kier alpha value is -1.82. The van der Waals surface area contributed by atoms with Crippen LogP contribution in [0.3, 0.4) is 0 Å². The highest BCUT2D eigenvalue weighted by Gasteiger charge is 2.05. The molecule has 2 aromatic heterocycles. The van der Waals surface area contributed by atoms with Gasteiger partial charge in [-0.3, -0.25) is 0 Å². The Labute approximate surface area is 130 Å². The molecule has 0 bridgehead atoms. The molecule has 0 saturated heterocycles. The molecule has 0 unspecified atom stereocenters. The number of para-hydroxylation sites is 2. The SMILES string of the molecule is c1ccc2sc(CNCc3nc4ccccc4s3)nc2c1. The fourth-order valence-electron chi connectivity index (χ4n) is 2.27. The second-order valence-corrected chi connectivity index (χ2v) is 6.98. The normalized spacial score (nSPS) is 11.4. The molecule has 0 radical (unpaired) electrons. The molecule has 0 atom stereocenters. The topological polar surface area (TPSA) is 37.8 Å². The molecule has 21 heavy (non-hydrogen) atoms. The van der Waals surface area contributed by atoms with Crippen LogP contribution in [-0.4, -0.2) is 9.97 Å². The maximum atomic E-state index is 4.63. The summed E-state index contributed by atoms with van der Waals surface area (Å²) >= 11 is 3.49. The minimum absolute atomic E-state index is 0.787. The fourth-order valence-corrected chi connectivity index (χ4v) is 4.14. The van der Waals surface area contributed by atoms with Crippen LogP contribution in [0.15, 0.2) is 48.5 Å². The van der Waals surface area contributed by atoms with Crippen molar-refractivity contribution in [2.24, 2.45) is 0 Å². The molecule has 4 aromatic rings. The van der Waals surface area contributed by atoms with E-state index >= 15 is 0 Å². The van der Waals surface area contributed by atoms with Crippen molar-refractivity contribution in [2.75, 3.05) is 0 Å². The van der Waals surface area contributed by atoms with E-state index < -0.39 is 0 Å². The number of rotatable bonds is 4. The number of nitrogens with one attached hydrogen (secondary N) is 1. The third-order valence-electron chi connectivity index (χ3n) is 3.23. The molecule has 0 fully saturated rings. The summed E-state index contributed by atoms with van der Waals surface area (Å²) in [5.41, 5.74) is 2.17. The third-order valence-corrected chi connectivity index (χ3v) is 5.30. The molecule has 0 amide bonds. The standard InChI is InChI=1S/C16H13N3S2/c1-3-7-13-11(5-1)18-15(20-13)9-17-10-16-19-12-6-2-4-8-14(12)21-16/h1-8,17H,9-10H2. The number of benzene rings is 2. The average molecular weight is 311 g/mol. The van der Waals surface area contributed by atoms with Crippen LogP contribution in [0.1, 0.15) is 10.0 Å². The molecule has 2 aromatic carbocycles.